The van der Waals surface area contributed by atoms with Gasteiger partial charge in [-0.25, -0.2) is 0 Å². The fraction of sp³-hybridized carbons (Fsp3) is 0.0556. The normalized spacial score (nSPS) is 10.3. The summed E-state index contributed by atoms with van der Waals surface area (Å²) in [6.07, 6.45) is 8.40. The van der Waals surface area contributed by atoms with Crippen LogP contribution in [-0.4, -0.2) is 12.4 Å². The van der Waals surface area contributed by atoms with Gasteiger partial charge in [0.1, 0.15) is 12.4 Å². The zero-order valence-corrected chi connectivity index (χ0v) is 12.0. The van der Waals surface area contributed by atoms with E-state index in [0.717, 1.165) is 5.56 Å². The Labute approximate surface area is 129 Å². The molecule has 0 aliphatic carbocycles. The third kappa shape index (κ3) is 4.52. The number of rotatable bonds is 5. The molecule has 104 valence electrons. The van der Waals surface area contributed by atoms with Gasteiger partial charge in [-0.3, -0.25) is 4.79 Å². The fourth-order valence-corrected chi connectivity index (χ4v) is 1.81. The summed E-state index contributed by atoms with van der Waals surface area (Å²) >= 11 is 5.79. The van der Waals surface area contributed by atoms with Crippen molar-refractivity contribution in [2.45, 2.75) is 0 Å². The number of ketones is 1. The van der Waals surface area contributed by atoms with E-state index in [9.17, 15) is 4.79 Å². The van der Waals surface area contributed by atoms with E-state index >= 15 is 0 Å². The molecule has 3 heteroatoms. The second-order valence-electron chi connectivity index (χ2n) is 4.27. The number of halogens is 1. The summed E-state index contributed by atoms with van der Waals surface area (Å²) in [5.74, 6) is 3.04. The molecule has 0 N–H and O–H groups in total. The minimum absolute atomic E-state index is 0.0701. The number of hydrogen-bond donors (Lipinski definition) is 0. The zero-order chi connectivity index (χ0) is 15.1. The molecule has 2 nitrogen and oxygen atoms in total. The smallest absolute Gasteiger partial charge is 0.185 e. The highest BCUT2D eigenvalue weighted by atomic mass is 35.5. The van der Waals surface area contributed by atoms with Gasteiger partial charge in [0, 0.05) is 10.6 Å². The standard InChI is InChI=1S/C18H13ClO2/c1-2-13-21-17-10-3-14(4-11-17)5-12-18(20)15-6-8-16(19)9-7-15/h1,3-12H,13H2/b12-5+. The Kier molecular flexibility index (Phi) is 5.20. The monoisotopic (exact) mass is 296 g/mol. The highest BCUT2D eigenvalue weighted by Crippen LogP contribution is 2.14. The molecule has 0 aliphatic rings. The number of terminal acetylenes is 1. The largest absolute Gasteiger partial charge is 0.481 e. The number of benzene rings is 2. The molecule has 0 atom stereocenters. The van der Waals surface area contributed by atoms with Gasteiger partial charge in [-0.15, -0.1) is 6.42 Å². The second-order valence-corrected chi connectivity index (χ2v) is 4.70. The van der Waals surface area contributed by atoms with Gasteiger partial charge in [0.25, 0.3) is 0 Å². The lowest BCUT2D eigenvalue weighted by atomic mass is 10.1. The lowest BCUT2D eigenvalue weighted by Crippen LogP contribution is -1.94. The Morgan fingerprint density at radius 2 is 1.81 bits per heavy atom. The number of allylic oxidation sites excluding steroid dienone is 1. The first-order chi connectivity index (χ1) is 10.2. The number of carbonyl (C=O) groups is 1. The van der Waals surface area contributed by atoms with E-state index in [0.29, 0.717) is 16.3 Å². The molecule has 0 bridgehead atoms. The summed E-state index contributed by atoms with van der Waals surface area (Å²) in [7, 11) is 0. The van der Waals surface area contributed by atoms with Gasteiger partial charge in [-0.2, -0.15) is 0 Å². The molecule has 2 aromatic carbocycles. The Morgan fingerprint density at radius 3 is 2.43 bits per heavy atom. The van der Waals surface area contributed by atoms with Crippen LogP contribution in [-0.2, 0) is 0 Å². The molecular weight excluding hydrogens is 284 g/mol. The molecule has 0 radical (unpaired) electrons. The SMILES string of the molecule is C#CCOc1ccc(/C=C/C(=O)c2ccc(Cl)cc2)cc1. The van der Waals surface area contributed by atoms with Gasteiger partial charge >= 0.3 is 0 Å². The van der Waals surface area contributed by atoms with Crippen molar-refractivity contribution >= 4 is 23.5 Å². The molecule has 0 saturated carbocycles. The molecule has 0 unspecified atom stereocenters. The first kappa shape index (κ1) is 14.9. The minimum Gasteiger partial charge on any atom is -0.481 e. The quantitative estimate of drug-likeness (QED) is 0.468. The van der Waals surface area contributed by atoms with Gasteiger partial charge < -0.3 is 4.74 Å². The second kappa shape index (κ2) is 7.33. The predicted octanol–water partition coefficient (Wildman–Crippen LogP) is 4.25. The molecule has 0 fully saturated rings. The number of ether oxygens (including phenoxy) is 1. The average Bonchev–Trinajstić information content (AvgIpc) is 2.52. The highest BCUT2D eigenvalue weighted by Gasteiger charge is 2.01. The lowest BCUT2D eigenvalue weighted by Gasteiger charge is -2.01. The Bertz CT molecular complexity index is 677. The summed E-state index contributed by atoms with van der Waals surface area (Å²) in [5.41, 5.74) is 1.51. The molecule has 0 aliphatic heterocycles. The Morgan fingerprint density at radius 1 is 1.14 bits per heavy atom. The van der Waals surface area contributed by atoms with Gasteiger partial charge in [0.15, 0.2) is 5.78 Å². The van der Waals surface area contributed by atoms with Gasteiger partial charge in [0.2, 0.25) is 0 Å². The van der Waals surface area contributed by atoms with Gasteiger partial charge in [0.05, 0.1) is 0 Å². The molecular formula is C18H13ClO2. The third-order valence-electron chi connectivity index (χ3n) is 2.76. The van der Waals surface area contributed by atoms with Crippen molar-refractivity contribution in [3.8, 4) is 18.1 Å². The van der Waals surface area contributed by atoms with E-state index in [1.54, 1.807) is 30.3 Å². The van der Waals surface area contributed by atoms with E-state index in [4.69, 9.17) is 22.8 Å². The van der Waals surface area contributed by atoms with E-state index < -0.39 is 0 Å². The van der Waals surface area contributed by atoms with Crippen molar-refractivity contribution in [1.29, 1.82) is 0 Å². The highest BCUT2D eigenvalue weighted by molar-refractivity contribution is 6.30. The molecule has 2 aromatic rings. The van der Waals surface area contributed by atoms with E-state index in [1.165, 1.54) is 6.08 Å². The van der Waals surface area contributed by atoms with Crippen LogP contribution in [0.5, 0.6) is 5.75 Å². The maximum atomic E-state index is 12.0. The molecule has 0 spiro atoms. The number of carbonyl (C=O) groups excluding carboxylic acids is 1. The summed E-state index contributed by atoms with van der Waals surface area (Å²) < 4.78 is 5.28. The Hall–Kier alpha value is -2.50. The van der Waals surface area contributed by atoms with Crippen LogP contribution in [0.25, 0.3) is 6.08 Å². The molecule has 21 heavy (non-hydrogen) atoms. The molecule has 0 aromatic heterocycles. The maximum Gasteiger partial charge on any atom is 0.185 e. The van der Waals surface area contributed by atoms with Crippen LogP contribution in [0.4, 0.5) is 0 Å². The molecule has 2 rings (SSSR count). The average molecular weight is 297 g/mol. The molecule has 0 amide bonds. The van der Waals surface area contributed by atoms with Crippen LogP contribution in [0.15, 0.2) is 54.6 Å². The maximum absolute atomic E-state index is 12.0. The van der Waals surface area contributed by atoms with Crippen LogP contribution in [0, 0.1) is 12.3 Å². The van der Waals surface area contributed by atoms with E-state index in [2.05, 4.69) is 5.92 Å². The fourth-order valence-electron chi connectivity index (χ4n) is 1.68. The molecule has 0 heterocycles. The van der Waals surface area contributed by atoms with E-state index in [-0.39, 0.29) is 12.4 Å². The zero-order valence-electron chi connectivity index (χ0n) is 11.3. The summed E-state index contributed by atoms with van der Waals surface area (Å²) in [4.78, 5) is 12.0. The van der Waals surface area contributed by atoms with E-state index in [1.807, 2.05) is 24.3 Å². The molecule has 0 saturated heterocycles. The van der Waals surface area contributed by atoms with Crippen LogP contribution < -0.4 is 4.74 Å². The van der Waals surface area contributed by atoms with Crippen LogP contribution in [0.3, 0.4) is 0 Å². The number of hydrogen-bond acceptors (Lipinski definition) is 2. The van der Waals surface area contributed by atoms with Gasteiger partial charge in [-0.05, 0) is 48.0 Å². The van der Waals surface area contributed by atoms with Crippen molar-refractivity contribution in [2.75, 3.05) is 6.61 Å². The third-order valence-corrected chi connectivity index (χ3v) is 3.01. The van der Waals surface area contributed by atoms with Crippen LogP contribution in [0.1, 0.15) is 15.9 Å². The summed E-state index contributed by atoms with van der Waals surface area (Å²) in [6, 6.07) is 14.1. The minimum atomic E-state index is -0.0701. The predicted molar refractivity (Wildman–Crippen MR) is 85.6 cm³/mol. The van der Waals surface area contributed by atoms with Crippen molar-refractivity contribution in [3.63, 3.8) is 0 Å². The van der Waals surface area contributed by atoms with Crippen LogP contribution in [0.2, 0.25) is 5.02 Å². The Balaban J connectivity index is 2.02. The van der Waals surface area contributed by atoms with Crippen molar-refractivity contribution in [3.05, 3.63) is 70.8 Å². The summed E-state index contributed by atoms with van der Waals surface area (Å²) in [5, 5.41) is 0.609. The van der Waals surface area contributed by atoms with Crippen molar-refractivity contribution in [2.24, 2.45) is 0 Å². The first-order valence-corrected chi connectivity index (χ1v) is 6.71. The lowest BCUT2D eigenvalue weighted by molar-refractivity contribution is 0.104. The van der Waals surface area contributed by atoms with Crippen molar-refractivity contribution in [1.82, 2.24) is 0 Å². The summed E-state index contributed by atoms with van der Waals surface area (Å²) in [6.45, 7) is 0.240. The van der Waals surface area contributed by atoms with Crippen molar-refractivity contribution < 1.29 is 9.53 Å². The topological polar surface area (TPSA) is 26.3 Å². The van der Waals surface area contributed by atoms with Crippen LogP contribution >= 0.6 is 11.6 Å². The first-order valence-electron chi connectivity index (χ1n) is 6.33. The van der Waals surface area contributed by atoms with Gasteiger partial charge in [-0.1, -0.05) is 35.7 Å².